The summed E-state index contributed by atoms with van der Waals surface area (Å²) < 4.78 is 40.5. The van der Waals surface area contributed by atoms with Gasteiger partial charge in [-0.15, -0.1) is 0 Å². The topological polar surface area (TPSA) is 84.4 Å². The van der Waals surface area contributed by atoms with Gasteiger partial charge in [-0.3, -0.25) is 4.79 Å². The Morgan fingerprint density at radius 3 is 2.41 bits per heavy atom. The third-order valence-electron chi connectivity index (χ3n) is 6.52. The molecule has 0 bridgehead atoms. The summed E-state index contributed by atoms with van der Waals surface area (Å²) in [5.41, 5.74) is 4.57. The number of furan rings is 1. The minimum Gasteiger partial charge on any atom is -0.455 e. The van der Waals surface area contributed by atoms with Crippen LogP contribution in [0.15, 0.2) is 81.8 Å². The highest BCUT2D eigenvalue weighted by Gasteiger charge is 2.24. The fourth-order valence-electron chi connectivity index (χ4n) is 4.63. The Balaban J connectivity index is 1.58. The molecule has 0 aliphatic carbocycles. The quantitative estimate of drug-likeness (QED) is 0.271. The highest BCUT2D eigenvalue weighted by Crippen LogP contribution is 2.41. The molecular formula is C30H22F2N4O3. The number of hydrogen-bond donors (Lipinski definition) is 1. The van der Waals surface area contributed by atoms with E-state index in [2.05, 4.69) is 15.3 Å². The van der Waals surface area contributed by atoms with Gasteiger partial charge in [0.1, 0.15) is 28.5 Å². The van der Waals surface area contributed by atoms with Crippen molar-refractivity contribution in [3.05, 3.63) is 90.1 Å². The van der Waals surface area contributed by atoms with Crippen molar-refractivity contribution in [2.24, 2.45) is 0 Å². The Morgan fingerprint density at radius 2 is 1.69 bits per heavy atom. The number of nitrogens with one attached hydrogen (secondary N) is 1. The molecule has 0 radical (unpaired) electrons. The van der Waals surface area contributed by atoms with Crippen molar-refractivity contribution < 1.29 is 22.4 Å². The number of fused-ring (bicyclic) bond motifs is 2. The normalized spacial score (nSPS) is 11.3. The molecule has 6 rings (SSSR count). The number of pyridine rings is 1. The molecule has 6 aromatic rings. The van der Waals surface area contributed by atoms with Crippen molar-refractivity contribution in [2.75, 3.05) is 26.0 Å². The molecule has 0 aliphatic heterocycles. The lowest BCUT2D eigenvalue weighted by Crippen LogP contribution is -2.18. The van der Waals surface area contributed by atoms with E-state index in [-0.39, 0.29) is 17.4 Å². The van der Waals surface area contributed by atoms with Crippen molar-refractivity contribution in [3.8, 4) is 33.9 Å². The highest BCUT2D eigenvalue weighted by molar-refractivity contribution is 6.13. The van der Waals surface area contributed by atoms with Gasteiger partial charge in [0.15, 0.2) is 0 Å². The van der Waals surface area contributed by atoms with E-state index in [0.717, 1.165) is 11.3 Å². The summed E-state index contributed by atoms with van der Waals surface area (Å²) in [6.07, 6.45) is 1.58. The second-order valence-electron chi connectivity index (χ2n) is 9.19. The maximum absolute atomic E-state index is 15.0. The van der Waals surface area contributed by atoms with Crippen LogP contribution in [0.3, 0.4) is 0 Å². The molecule has 1 N–H and O–H groups in total. The van der Waals surface area contributed by atoms with Crippen LogP contribution in [0.1, 0.15) is 10.4 Å². The van der Waals surface area contributed by atoms with Gasteiger partial charge >= 0.3 is 0 Å². The maximum atomic E-state index is 15.0. The molecule has 39 heavy (non-hydrogen) atoms. The molecule has 0 saturated carbocycles. The summed E-state index contributed by atoms with van der Waals surface area (Å²) >= 11 is 0. The number of nitrogens with zero attached hydrogens (tertiary/aromatic N) is 3. The zero-order chi connectivity index (χ0) is 27.3. The van der Waals surface area contributed by atoms with Gasteiger partial charge in [0.25, 0.3) is 5.91 Å². The van der Waals surface area contributed by atoms with Crippen molar-refractivity contribution >= 4 is 33.8 Å². The molecule has 3 aromatic heterocycles. The van der Waals surface area contributed by atoms with Crippen LogP contribution in [0.25, 0.3) is 56.1 Å². The largest absolute Gasteiger partial charge is 0.455 e. The number of benzene rings is 3. The zero-order valence-corrected chi connectivity index (χ0v) is 21.3. The van der Waals surface area contributed by atoms with Gasteiger partial charge in [0, 0.05) is 55.6 Å². The lowest BCUT2D eigenvalue weighted by molar-refractivity contribution is 0.0964. The van der Waals surface area contributed by atoms with Gasteiger partial charge in [-0.25, -0.2) is 18.7 Å². The van der Waals surface area contributed by atoms with Crippen LogP contribution >= 0.6 is 0 Å². The van der Waals surface area contributed by atoms with E-state index >= 15 is 4.39 Å². The fraction of sp³-hybridized carbons (Fsp3) is 0.100. The van der Waals surface area contributed by atoms with E-state index in [1.165, 1.54) is 25.2 Å². The number of carbonyl (C=O) groups excluding carboxylic acids is 1. The molecule has 0 unspecified atom stereocenters. The molecule has 0 aliphatic rings. The van der Waals surface area contributed by atoms with Gasteiger partial charge in [-0.2, -0.15) is 0 Å². The summed E-state index contributed by atoms with van der Waals surface area (Å²) in [7, 11) is 5.29. The minimum absolute atomic E-state index is 0.114. The number of hydrogen-bond acceptors (Lipinski definition) is 6. The summed E-state index contributed by atoms with van der Waals surface area (Å²) in [4.78, 5) is 23.5. The van der Waals surface area contributed by atoms with Gasteiger partial charge < -0.3 is 19.1 Å². The van der Waals surface area contributed by atoms with E-state index in [1.807, 2.05) is 31.1 Å². The Kier molecular flexibility index (Phi) is 5.83. The minimum atomic E-state index is -0.495. The SMILES string of the molecule is CNC(=O)c1c(-c2ccc(F)cc2)oc2cc(N(C)C)c(-c3ccc(F)c(-c4nc5cccnc5o4)c3)cc12. The standard InChI is InChI=1S/C30H22F2N4O3/c1-33-28(37)26-21-14-19(24(36(2)3)15-25(21)38-27(26)16-6-9-18(31)10-7-16)17-8-11-22(32)20(13-17)29-35-23-5-4-12-34-30(23)39-29/h4-15H,1-3H3,(H,33,37). The fourth-order valence-corrected chi connectivity index (χ4v) is 4.63. The smallest absolute Gasteiger partial charge is 0.255 e. The summed E-state index contributed by atoms with van der Waals surface area (Å²) in [5.74, 6) is -0.801. The molecule has 0 atom stereocenters. The molecule has 3 heterocycles. The molecule has 0 spiro atoms. The molecule has 0 fully saturated rings. The first-order chi connectivity index (χ1) is 18.8. The van der Waals surface area contributed by atoms with Crippen LogP contribution in [0, 0.1) is 11.6 Å². The number of oxazole rings is 1. The first kappa shape index (κ1) is 24.3. The van der Waals surface area contributed by atoms with Crippen LogP contribution in [0.4, 0.5) is 14.5 Å². The van der Waals surface area contributed by atoms with Crippen molar-refractivity contribution in [2.45, 2.75) is 0 Å². The second-order valence-corrected chi connectivity index (χ2v) is 9.19. The lowest BCUT2D eigenvalue weighted by Gasteiger charge is -2.18. The Bertz CT molecular complexity index is 1840. The molecule has 9 heteroatoms. The Hall–Kier alpha value is -5.05. The summed E-state index contributed by atoms with van der Waals surface area (Å²) in [6, 6.07) is 17.6. The van der Waals surface area contributed by atoms with Crippen LogP contribution < -0.4 is 10.2 Å². The average Bonchev–Trinajstić information content (AvgIpc) is 3.54. The lowest BCUT2D eigenvalue weighted by atomic mass is 9.96. The predicted molar refractivity (Wildman–Crippen MR) is 146 cm³/mol. The summed E-state index contributed by atoms with van der Waals surface area (Å²) in [5, 5.41) is 3.23. The second kappa shape index (κ2) is 9.36. The first-order valence-electron chi connectivity index (χ1n) is 12.1. The number of anilines is 1. The monoisotopic (exact) mass is 524 g/mol. The van der Waals surface area contributed by atoms with Crippen LogP contribution in [0.5, 0.6) is 0 Å². The van der Waals surface area contributed by atoms with Crippen LogP contribution in [-0.2, 0) is 0 Å². The van der Waals surface area contributed by atoms with E-state index in [0.29, 0.717) is 44.7 Å². The number of amides is 1. The van der Waals surface area contributed by atoms with E-state index in [9.17, 15) is 9.18 Å². The van der Waals surface area contributed by atoms with E-state index in [4.69, 9.17) is 8.83 Å². The Labute approximate surface area is 221 Å². The summed E-state index contributed by atoms with van der Waals surface area (Å²) in [6.45, 7) is 0. The van der Waals surface area contributed by atoms with Gasteiger partial charge in [0.05, 0.1) is 11.1 Å². The number of halogens is 2. The molecule has 0 saturated heterocycles. The molecule has 1 amide bonds. The molecular weight excluding hydrogens is 502 g/mol. The molecule has 194 valence electrons. The molecule has 7 nitrogen and oxygen atoms in total. The maximum Gasteiger partial charge on any atom is 0.255 e. The van der Waals surface area contributed by atoms with Gasteiger partial charge in [-0.1, -0.05) is 6.07 Å². The first-order valence-corrected chi connectivity index (χ1v) is 12.1. The molecule has 3 aromatic carbocycles. The van der Waals surface area contributed by atoms with Crippen molar-refractivity contribution in [3.63, 3.8) is 0 Å². The highest BCUT2D eigenvalue weighted by atomic mass is 19.1. The van der Waals surface area contributed by atoms with E-state index in [1.54, 1.807) is 42.6 Å². The number of carbonyl (C=O) groups is 1. The third kappa shape index (κ3) is 4.17. The number of rotatable bonds is 5. The Morgan fingerprint density at radius 1 is 0.923 bits per heavy atom. The van der Waals surface area contributed by atoms with Crippen LogP contribution in [-0.4, -0.2) is 37.0 Å². The van der Waals surface area contributed by atoms with Crippen molar-refractivity contribution in [1.29, 1.82) is 0 Å². The van der Waals surface area contributed by atoms with E-state index < -0.39 is 11.6 Å². The van der Waals surface area contributed by atoms with Gasteiger partial charge in [0.2, 0.25) is 11.6 Å². The van der Waals surface area contributed by atoms with Gasteiger partial charge in [-0.05, 0) is 60.2 Å². The van der Waals surface area contributed by atoms with Crippen LogP contribution in [0.2, 0.25) is 0 Å². The third-order valence-corrected chi connectivity index (χ3v) is 6.52. The average molecular weight is 525 g/mol. The number of aromatic nitrogens is 2. The zero-order valence-electron chi connectivity index (χ0n) is 21.3. The van der Waals surface area contributed by atoms with Crippen molar-refractivity contribution in [1.82, 2.24) is 15.3 Å². The predicted octanol–water partition coefficient (Wildman–Crippen LogP) is 6.67.